The van der Waals surface area contributed by atoms with Gasteiger partial charge in [0.1, 0.15) is 18.4 Å². The lowest BCUT2D eigenvalue weighted by atomic mass is 9.98. The predicted molar refractivity (Wildman–Crippen MR) is 112 cm³/mol. The third-order valence-corrected chi connectivity index (χ3v) is 6.27. The lowest BCUT2D eigenvalue weighted by Crippen LogP contribution is -2.52. The standard InChI is InChI=1S/C21H26ClN5O2/c1-13-10-17(29)19-18(13)21(25-12-24-19)27-8-6-26(7-9-27)20(16(23)11-28)14-2-4-15(22)5-3-14/h2-5,11-13,16-17,20,29H,6-10,23H2,1H3/t13-,16?,17+,20?/m1/s1. The summed E-state index contributed by atoms with van der Waals surface area (Å²) >= 11 is 6.02. The number of piperazine rings is 1. The number of hydrogen-bond donors (Lipinski definition) is 2. The summed E-state index contributed by atoms with van der Waals surface area (Å²) in [7, 11) is 0. The van der Waals surface area contributed by atoms with E-state index in [4.69, 9.17) is 17.3 Å². The minimum absolute atomic E-state index is 0.191. The van der Waals surface area contributed by atoms with Crippen molar-refractivity contribution in [1.82, 2.24) is 14.9 Å². The average molecular weight is 416 g/mol. The second kappa shape index (κ2) is 8.36. The highest BCUT2D eigenvalue weighted by Crippen LogP contribution is 2.43. The molecule has 2 heterocycles. The van der Waals surface area contributed by atoms with Gasteiger partial charge >= 0.3 is 0 Å². The van der Waals surface area contributed by atoms with Gasteiger partial charge in [-0.2, -0.15) is 0 Å². The van der Waals surface area contributed by atoms with E-state index in [1.165, 1.54) is 0 Å². The van der Waals surface area contributed by atoms with Gasteiger partial charge in [0.05, 0.1) is 23.9 Å². The van der Waals surface area contributed by atoms with Gasteiger partial charge in [0.25, 0.3) is 0 Å². The van der Waals surface area contributed by atoms with Crippen LogP contribution < -0.4 is 10.6 Å². The van der Waals surface area contributed by atoms with Crippen LogP contribution in [0.3, 0.4) is 0 Å². The highest BCUT2D eigenvalue weighted by atomic mass is 35.5. The number of anilines is 1. The number of benzene rings is 1. The highest BCUT2D eigenvalue weighted by molar-refractivity contribution is 6.30. The fourth-order valence-corrected chi connectivity index (χ4v) is 4.70. The summed E-state index contributed by atoms with van der Waals surface area (Å²) in [5.41, 5.74) is 8.97. The number of aliphatic hydroxyl groups excluding tert-OH is 1. The van der Waals surface area contributed by atoms with Crippen LogP contribution in [-0.2, 0) is 4.79 Å². The maximum atomic E-state index is 11.5. The number of fused-ring (bicyclic) bond motifs is 1. The van der Waals surface area contributed by atoms with E-state index in [-0.39, 0.29) is 12.0 Å². The number of hydrogen-bond acceptors (Lipinski definition) is 7. The summed E-state index contributed by atoms with van der Waals surface area (Å²) in [5.74, 6) is 1.15. The molecule has 0 spiro atoms. The zero-order chi connectivity index (χ0) is 20.5. The molecule has 0 radical (unpaired) electrons. The molecular formula is C21H26ClN5O2. The van der Waals surface area contributed by atoms with Crippen molar-refractivity contribution in [3.63, 3.8) is 0 Å². The van der Waals surface area contributed by atoms with Crippen molar-refractivity contribution in [1.29, 1.82) is 0 Å². The van der Waals surface area contributed by atoms with E-state index in [2.05, 4.69) is 26.7 Å². The zero-order valence-corrected chi connectivity index (χ0v) is 17.2. The largest absolute Gasteiger partial charge is 0.387 e. The van der Waals surface area contributed by atoms with Crippen LogP contribution in [0.4, 0.5) is 5.82 Å². The summed E-state index contributed by atoms with van der Waals surface area (Å²) in [6.07, 6.45) is 2.53. The first-order valence-electron chi connectivity index (χ1n) is 9.97. The molecule has 1 aromatic heterocycles. The SMILES string of the molecule is C[C@@H]1C[C@H](O)c2ncnc(N3CCN(C(c4ccc(Cl)cc4)C(N)C=O)CC3)c21. The molecule has 0 amide bonds. The Morgan fingerprint density at radius 1 is 1.21 bits per heavy atom. The number of aldehydes is 1. The molecule has 154 valence electrons. The van der Waals surface area contributed by atoms with Crippen LogP contribution in [0.5, 0.6) is 0 Å². The Kier molecular flexibility index (Phi) is 5.83. The molecule has 2 aromatic rings. The van der Waals surface area contributed by atoms with Crippen molar-refractivity contribution in [2.24, 2.45) is 5.73 Å². The van der Waals surface area contributed by atoms with E-state index in [0.717, 1.165) is 55.1 Å². The van der Waals surface area contributed by atoms with E-state index in [9.17, 15) is 9.90 Å². The third kappa shape index (κ3) is 3.88. The molecule has 1 aliphatic carbocycles. The molecule has 1 aliphatic heterocycles. The first-order valence-corrected chi connectivity index (χ1v) is 10.4. The molecule has 1 aromatic carbocycles. The monoisotopic (exact) mass is 415 g/mol. The van der Waals surface area contributed by atoms with E-state index >= 15 is 0 Å². The second-order valence-corrected chi connectivity index (χ2v) is 8.32. The number of nitrogens with zero attached hydrogens (tertiary/aromatic N) is 4. The van der Waals surface area contributed by atoms with Crippen molar-refractivity contribution < 1.29 is 9.90 Å². The number of aliphatic hydroxyl groups is 1. The van der Waals surface area contributed by atoms with Crippen LogP contribution in [0.2, 0.25) is 5.02 Å². The van der Waals surface area contributed by atoms with Crippen molar-refractivity contribution in [3.8, 4) is 0 Å². The summed E-state index contributed by atoms with van der Waals surface area (Å²) in [6.45, 7) is 5.15. The van der Waals surface area contributed by atoms with Gasteiger partial charge in [-0.05, 0) is 30.0 Å². The average Bonchev–Trinajstić information content (AvgIpc) is 3.04. The summed E-state index contributed by atoms with van der Waals surface area (Å²) in [5, 5.41) is 10.9. The normalized spacial score (nSPS) is 24.2. The molecule has 4 atom stereocenters. The van der Waals surface area contributed by atoms with E-state index in [0.29, 0.717) is 11.4 Å². The predicted octanol–water partition coefficient (Wildman–Crippen LogP) is 2.06. The van der Waals surface area contributed by atoms with E-state index < -0.39 is 12.1 Å². The number of aromatic nitrogens is 2. The minimum atomic E-state index is -0.610. The Hall–Kier alpha value is -2.06. The van der Waals surface area contributed by atoms with E-state index in [1.54, 1.807) is 6.33 Å². The molecular weight excluding hydrogens is 390 g/mol. The summed E-state index contributed by atoms with van der Waals surface area (Å²) < 4.78 is 0. The quantitative estimate of drug-likeness (QED) is 0.721. The maximum absolute atomic E-state index is 11.5. The smallest absolute Gasteiger partial charge is 0.138 e. The second-order valence-electron chi connectivity index (χ2n) is 7.88. The Balaban J connectivity index is 1.53. The first-order chi connectivity index (χ1) is 14.0. The molecule has 1 saturated heterocycles. The Morgan fingerprint density at radius 2 is 1.90 bits per heavy atom. The number of carbonyl (C=O) groups is 1. The van der Waals surface area contributed by atoms with Crippen molar-refractivity contribution in [2.75, 3.05) is 31.1 Å². The van der Waals surface area contributed by atoms with E-state index in [1.807, 2.05) is 24.3 Å². The topological polar surface area (TPSA) is 95.6 Å². The van der Waals surface area contributed by atoms with Gasteiger partial charge in [0, 0.05) is 36.8 Å². The number of nitrogens with two attached hydrogens (primary N) is 1. The molecule has 3 N–H and O–H groups in total. The molecule has 1 fully saturated rings. The van der Waals surface area contributed by atoms with Crippen molar-refractivity contribution in [3.05, 3.63) is 52.4 Å². The van der Waals surface area contributed by atoms with Crippen LogP contribution >= 0.6 is 11.6 Å². The number of halogens is 1. The van der Waals surface area contributed by atoms with Gasteiger partial charge in [-0.25, -0.2) is 9.97 Å². The molecule has 0 bridgehead atoms. The van der Waals surface area contributed by atoms with Crippen LogP contribution in [0.15, 0.2) is 30.6 Å². The lowest BCUT2D eigenvalue weighted by molar-refractivity contribution is -0.110. The van der Waals surface area contributed by atoms with Gasteiger partial charge in [-0.15, -0.1) is 0 Å². The van der Waals surface area contributed by atoms with Crippen LogP contribution in [0, 0.1) is 0 Å². The molecule has 2 unspecified atom stereocenters. The van der Waals surface area contributed by atoms with Gasteiger partial charge in [-0.1, -0.05) is 30.7 Å². The molecule has 4 rings (SSSR count). The molecule has 2 aliphatic rings. The molecule has 8 heteroatoms. The Bertz CT molecular complexity index is 870. The highest BCUT2D eigenvalue weighted by Gasteiger charge is 2.35. The zero-order valence-electron chi connectivity index (χ0n) is 16.4. The molecule has 29 heavy (non-hydrogen) atoms. The van der Waals surface area contributed by atoms with Crippen molar-refractivity contribution in [2.45, 2.75) is 37.5 Å². The first kappa shape index (κ1) is 20.2. The van der Waals surface area contributed by atoms with Gasteiger partial charge < -0.3 is 20.5 Å². The summed E-state index contributed by atoms with van der Waals surface area (Å²) in [6, 6.07) is 6.72. The number of carbonyl (C=O) groups excluding carboxylic acids is 1. The Morgan fingerprint density at radius 3 is 2.55 bits per heavy atom. The van der Waals surface area contributed by atoms with Gasteiger partial charge in [-0.3, -0.25) is 4.90 Å². The number of rotatable bonds is 5. The van der Waals surface area contributed by atoms with Crippen LogP contribution in [0.1, 0.15) is 48.2 Å². The maximum Gasteiger partial charge on any atom is 0.138 e. The fourth-order valence-electron chi connectivity index (χ4n) is 4.58. The molecule has 0 saturated carbocycles. The lowest BCUT2D eigenvalue weighted by Gasteiger charge is -2.41. The van der Waals surface area contributed by atoms with Crippen LogP contribution in [-0.4, -0.2) is 58.5 Å². The van der Waals surface area contributed by atoms with Gasteiger partial charge in [0.2, 0.25) is 0 Å². The molecule has 7 nitrogen and oxygen atoms in total. The van der Waals surface area contributed by atoms with Crippen molar-refractivity contribution >= 4 is 23.7 Å². The van der Waals surface area contributed by atoms with Gasteiger partial charge in [0.15, 0.2) is 0 Å². The fraction of sp³-hybridized carbons (Fsp3) is 0.476. The summed E-state index contributed by atoms with van der Waals surface area (Å²) in [4.78, 5) is 24.8. The van der Waals surface area contributed by atoms with Crippen LogP contribution in [0.25, 0.3) is 0 Å². The minimum Gasteiger partial charge on any atom is -0.387 e. The third-order valence-electron chi connectivity index (χ3n) is 6.02. The Labute approximate surface area is 175 Å².